The summed E-state index contributed by atoms with van der Waals surface area (Å²) in [6.45, 7) is 3.65. The van der Waals surface area contributed by atoms with Gasteiger partial charge in [-0.2, -0.15) is 0 Å². The molecule has 0 saturated carbocycles. The Kier molecular flexibility index (Phi) is 7.69. The van der Waals surface area contributed by atoms with Crippen molar-refractivity contribution in [3.8, 4) is 0 Å². The van der Waals surface area contributed by atoms with Gasteiger partial charge in [0.25, 0.3) is 0 Å². The van der Waals surface area contributed by atoms with Gasteiger partial charge in [-0.15, -0.1) is 0 Å². The second kappa shape index (κ2) is 9.26. The molecule has 0 aliphatic rings. The average molecular weight is 456 g/mol. The second-order valence-electron chi connectivity index (χ2n) is 5.25. The van der Waals surface area contributed by atoms with Crippen LogP contribution in [-0.4, -0.2) is 26.2 Å². The van der Waals surface area contributed by atoms with Crippen LogP contribution in [0.1, 0.15) is 31.8 Å². The standard InChI is InChI=1S/C9H10INO2.C9H11NO2/c1-5-3-8(11)7(10)4-6(5)9(12)13-2;1-6-5-7(10)3-4-8(6)9(11)12-2/h3-4H,11H2,1-2H3;3-5H,10H2,1-2H3. The van der Waals surface area contributed by atoms with Crippen molar-refractivity contribution in [2.24, 2.45) is 0 Å². The second-order valence-corrected chi connectivity index (χ2v) is 6.41. The number of carbonyl (C=O) groups excluding carboxylic acids is 2. The zero-order valence-corrected chi connectivity index (χ0v) is 16.7. The van der Waals surface area contributed by atoms with Crippen LogP contribution in [-0.2, 0) is 9.47 Å². The van der Waals surface area contributed by atoms with Gasteiger partial charge in [0.2, 0.25) is 0 Å². The summed E-state index contributed by atoms with van der Waals surface area (Å²) >= 11 is 2.08. The number of nitrogen functional groups attached to an aromatic ring is 2. The number of nitrogens with two attached hydrogens (primary N) is 2. The SMILES string of the molecule is COC(=O)c1cc(I)c(N)cc1C.COC(=O)c1ccc(N)cc1C. The van der Waals surface area contributed by atoms with E-state index in [4.69, 9.17) is 11.5 Å². The van der Waals surface area contributed by atoms with Crippen LogP contribution in [0.25, 0.3) is 0 Å². The molecule has 0 unspecified atom stereocenters. The Bertz CT molecular complexity index is 791. The van der Waals surface area contributed by atoms with Crippen LogP contribution in [0.3, 0.4) is 0 Å². The van der Waals surface area contributed by atoms with Crippen molar-refractivity contribution >= 4 is 45.9 Å². The lowest BCUT2D eigenvalue weighted by Gasteiger charge is -2.06. The van der Waals surface area contributed by atoms with Crippen molar-refractivity contribution in [3.63, 3.8) is 0 Å². The van der Waals surface area contributed by atoms with Crippen LogP contribution in [0.15, 0.2) is 30.3 Å². The van der Waals surface area contributed by atoms with E-state index in [0.29, 0.717) is 22.5 Å². The zero-order valence-electron chi connectivity index (χ0n) is 14.6. The smallest absolute Gasteiger partial charge is 0.338 e. The molecule has 0 aliphatic carbocycles. The molecule has 7 heteroatoms. The first kappa shape index (κ1) is 20.8. The van der Waals surface area contributed by atoms with E-state index in [1.54, 1.807) is 30.3 Å². The Morgan fingerprint density at radius 2 is 1.40 bits per heavy atom. The van der Waals surface area contributed by atoms with Crippen LogP contribution in [0, 0.1) is 17.4 Å². The van der Waals surface area contributed by atoms with Crippen molar-refractivity contribution in [1.82, 2.24) is 0 Å². The maximum atomic E-state index is 11.2. The Balaban J connectivity index is 0.000000251. The molecular weight excluding hydrogens is 435 g/mol. The maximum Gasteiger partial charge on any atom is 0.338 e. The van der Waals surface area contributed by atoms with Gasteiger partial charge in [-0.05, 0) is 77.9 Å². The molecule has 2 aromatic rings. The fraction of sp³-hybridized carbons (Fsp3) is 0.222. The summed E-state index contributed by atoms with van der Waals surface area (Å²) < 4.78 is 10.1. The molecular formula is C18H21IN2O4. The maximum absolute atomic E-state index is 11.2. The zero-order chi connectivity index (χ0) is 19.1. The van der Waals surface area contributed by atoms with E-state index < -0.39 is 0 Å². The monoisotopic (exact) mass is 456 g/mol. The first-order chi connectivity index (χ1) is 11.7. The van der Waals surface area contributed by atoms with Crippen LogP contribution >= 0.6 is 22.6 Å². The van der Waals surface area contributed by atoms with Gasteiger partial charge in [0, 0.05) is 14.9 Å². The van der Waals surface area contributed by atoms with E-state index in [2.05, 4.69) is 32.1 Å². The van der Waals surface area contributed by atoms with E-state index in [0.717, 1.165) is 14.7 Å². The molecule has 0 saturated heterocycles. The number of carbonyl (C=O) groups is 2. The molecule has 0 spiro atoms. The summed E-state index contributed by atoms with van der Waals surface area (Å²) in [6, 6.07) is 8.59. The van der Waals surface area contributed by atoms with Crippen molar-refractivity contribution in [1.29, 1.82) is 0 Å². The van der Waals surface area contributed by atoms with Gasteiger partial charge >= 0.3 is 11.9 Å². The Hall–Kier alpha value is -2.29. The highest BCUT2D eigenvalue weighted by molar-refractivity contribution is 14.1. The quantitative estimate of drug-likeness (QED) is 0.408. The fourth-order valence-electron chi connectivity index (χ4n) is 2.06. The molecule has 25 heavy (non-hydrogen) atoms. The van der Waals surface area contributed by atoms with Gasteiger partial charge in [0.1, 0.15) is 0 Å². The number of hydrogen-bond acceptors (Lipinski definition) is 6. The number of esters is 2. The van der Waals surface area contributed by atoms with Gasteiger partial charge in [-0.25, -0.2) is 9.59 Å². The van der Waals surface area contributed by atoms with Crippen molar-refractivity contribution in [3.05, 3.63) is 56.2 Å². The summed E-state index contributed by atoms with van der Waals surface area (Å²) in [7, 11) is 2.73. The lowest BCUT2D eigenvalue weighted by molar-refractivity contribution is 0.0591. The number of halogens is 1. The highest BCUT2D eigenvalue weighted by atomic mass is 127. The molecule has 6 nitrogen and oxygen atoms in total. The first-order valence-electron chi connectivity index (χ1n) is 7.29. The number of methoxy groups -OCH3 is 2. The van der Waals surface area contributed by atoms with Crippen LogP contribution < -0.4 is 11.5 Å². The third-order valence-corrected chi connectivity index (χ3v) is 4.34. The summed E-state index contributed by atoms with van der Waals surface area (Å²) in [5.41, 5.74) is 15.3. The third-order valence-electron chi connectivity index (χ3n) is 3.40. The average Bonchev–Trinajstić information content (AvgIpc) is 2.57. The molecule has 4 N–H and O–H groups in total. The van der Waals surface area contributed by atoms with Crippen molar-refractivity contribution in [2.45, 2.75) is 13.8 Å². The van der Waals surface area contributed by atoms with Crippen molar-refractivity contribution < 1.29 is 19.1 Å². The van der Waals surface area contributed by atoms with E-state index in [1.165, 1.54) is 14.2 Å². The largest absolute Gasteiger partial charge is 0.465 e. The molecule has 134 valence electrons. The van der Waals surface area contributed by atoms with Crippen molar-refractivity contribution in [2.75, 3.05) is 25.7 Å². The molecule has 0 amide bonds. The predicted octanol–water partition coefficient (Wildman–Crippen LogP) is 3.33. The fourth-order valence-corrected chi connectivity index (χ4v) is 2.53. The summed E-state index contributed by atoms with van der Waals surface area (Å²) in [5.74, 6) is -0.650. The lowest BCUT2D eigenvalue weighted by atomic mass is 10.1. The summed E-state index contributed by atoms with van der Waals surface area (Å²) in [4.78, 5) is 22.3. The number of anilines is 2. The van der Waals surface area contributed by atoms with E-state index in [9.17, 15) is 9.59 Å². The highest BCUT2D eigenvalue weighted by Crippen LogP contribution is 2.20. The molecule has 0 radical (unpaired) electrons. The number of aryl methyl sites for hydroxylation is 2. The summed E-state index contributed by atoms with van der Waals surface area (Å²) in [6.07, 6.45) is 0. The topological polar surface area (TPSA) is 105 Å². The number of benzene rings is 2. The van der Waals surface area contributed by atoms with Gasteiger partial charge in [0.05, 0.1) is 25.3 Å². The molecule has 0 atom stereocenters. The van der Waals surface area contributed by atoms with Crippen LogP contribution in [0.4, 0.5) is 11.4 Å². The van der Waals surface area contributed by atoms with E-state index in [-0.39, 0.29) is 11.9 Å². The molecule has 0 aromatic heterocycles. The Morgan fingerprint density at radius 1 is 0.880 bits per heavy atom. The summed E-state index contributed by atoms with van der Waals surface area (Å²) in [5, 5.41) is 0. The minimum absolute atomic E-state index is 0.324. The molecule has 0 fully saturated rings. The van der Waals surface area contributed by atoms with Crippen LogP contribution in [0.5, 0.6) is 0 Å². The van der Waals surface area contributed by atoms with Crippen LogP contribution in [0.2, 0.25) is 0 Å². The minimum Gasteiger partial charge on any atom is -0.465 e. The molecule has 0 heterocycles. The Morgan fingerprint density at radius 3 is 1.92 bits per heavy atom. The van der Waals surface area contributed by atoms with Gasteiger partial charge < -0.3 is 20.9 Å². The molecule has 2 rings (SSSR count). The normalized spacial score (nSPS) is 9.64. The van der Waals surface area contributed by atoms with Gasteiger partial charge in [-0.3, -0.25) is 0 Å². The predicted molar refractivity (Wildman–Crippen MR) is 107 cm³/mol. The first-order valence-corrected chi connectivity index (χ1v) is 8.37. The van der Waals surface area contributed by atoms with E-state index >= 15 is 0 Å². The lowest BCUT2D eigenvalue weighted by Crippen LogP contribution is -2.05. The minimum atomic E-state index is -0.326. The molecule has 0 aliphatic heterocycles. The number of rotatable bonds is 2. The number of ether oxygens (including phenoxy) is 2. The van der Waals surface area contributed by atoms with E-state index in [1.807, 2.05) is 13.8 Å². The molecule has 0 bridgehead atoms. The molecule has 2 aromatic carbocycles. The third kappa shape index (κ3) is 5.63. The number of hydrogen-bond donors (Lipinski definition) is 2. The highest BCUT2D eigenvalue weighted by Gasteiger charge is 2.11. The Labute approximate surface area is 160 Å². The van der Waals surface area contributed by atoms with Gasteiger partial charge in [-0.1, -0.05) is 0 Å². The van der Waals surface area contributed by atoms with Gasteiger partial charge in [0.15, 0.2) is 0 Å².